The molecule has 3 aromatic carbocycles. The minimum Gasteiger partial charge on any atom is -0.455 e. The van der Waals surface area contributed by atoms with Crippen LogP contribution in [0.1, 0.15) is 33.5 Å². The van der Waals surface area contributed by atoms with E-state index in [0.717, 1.165) is 39.0 Å². The van der Waals surface area contributed by atoms with Gasteiger partial charge in [0.15, 0.2) is 11.4 Å². The Balaban J connectivity index is 1.72. The van der Waals surface area contributed by atoms with E-state index in [1.54, 1.807) is 0 Å². The molecule has 0 saturated heterocycles. The maximum Gasteiger partial charge on any atom is 0.163 e. The summed E-state index contributed by atoms with van der Waals surface area (Å²) in [5.74, 6) is 0.830. The molecular formula is C25H17NO2. The highest BCUT2D eigenvalue weighted by molar-refractivity contribution is 6.05. The van der Waals surface area contributed by atoms with Crippen molar-refractivity contribution in [3.8, 4) is 28.5 Å². The number of fused-ring (bicyclic) bond motifs is 2. The van der Waals surface area contributed by atoms with Gasteiger partial charge in [-0.2, -0.15) is 5.26 Å². The molecule has 28 heavy (non-hydrogen) atoms. The first-order valence-electron chi connectivity index (χ1n) is 9.35. The van der Waals surface area contributed by atoms with Crippen molar-refractivity contribution in [1.82, 2.24) is 0 Å². The predicted molar refractivity (Wildman–Crippen MR) is 109 cm³/mol. The minimum absolute atomic E-state index is 0.110. The van der Waals surface area contributed by atoms with Crippen LogP contribution in [0, 0.1) is 18.3 Å². The Kier molecular flexibility index (Phi) is 3.67. The molecule has 3 heteroatoms. The molecule has 0 atom stereocenters. The van der Waals surface area contributed by atoms with Crippen LogP contribution in [0.5, 0.6) is 0 Å². The summed E-state index contributed by atoms with van der Waals surface area (Å²) in [6.45, 7) is 2.08. The molecule has 0 aliphatic heterocycles. The highest BCUT2D eigenvalue weighted by Gasteiger charge is 2.26. The summed E-state index contributed by atoms with van der Waals surface area (Å²) in [6, 6.07) is 22.5. The lowest BCUT2D eigenvalue weighted by Crippen LogP contribution is -1.93. The number of rotatable bonds is 2. The Morgan fingerprint density at radius 3 is 2.50 bits per heavy atom. The van der Waals surface area contributed by atoms with Crippen molar-refractivity contribution in [2.45, 2.75) is 19.8 Å². The molecule has 1 aliphatic carbocycles. The van der Waals surface area contributed by atoms with Crippen LogP contribution in [0.15, 0.2) is 65.1 Å². The van der Waals surface area contributed by atoms with E-state index in [9.17, 15) is 10.1 Å². The molecule has 0 bridgehead atoms. The maximum absolute atomic E-state index is 12.2. The van der Waals surface area contributed by atoms with Crippen LogP contribution >= 0.6 is 0 Å². The van der Waals surface area contributed by atoms with Gasteiger partial charge in [0.1, 0.15) is 11.8 Å². The molecule has 4 aromatic rings. The van der Waals surface area contributed by atoms with Crippen LogP contribution in [0.3, 0.4) is 0 Å². The summed E-state index contributed by atoms with van der Waals surface area (Å²) in [7, 11) is 0. The highest BCUT2D eigenvalue weighted by atomic mass is 16.3. The zero-order chi connectivity index (χ0) is 19.3. The second-order valence-corrected chi connectivity index (χ2v) is 7.19. The number of ketones is 1. The third-order valence-electron chi connectivity index (χ3n) is 5.61. The first kappa shape index (κ1) is 16.5. The van der Waals surface area contributed by atoms with Gasteiger partial charge in [-0.05, 0) is 47.7 Å². The molecule has 0 radical (unpaired) electrons. The average molecular weight is 363 g/mol. The van der Waals surface area contributed by atoms with E-state index in [2.05, 4.69) is 31.2 Å². The molecule has 0 fully saturated rings. The summed E-state index contributed by atoms with van der Waals surface area (Å²) >= 11 is 0. The number of benzene rings is 3. The van der Waals surface area contributed by atoms with Crippen molar-refractivity contribution in [3.63, 3.8) is 0 Å². The second kappa shape index (κ2) is 6.21. The SMILES string of the molecule is Cc1c(-c2ccccc2)cccc1-c1cc2cc3c(c(C#N)c2o1)CCC3=O. The van der Waals surface area contributed by atoms with Crippen molar-refractivity contribution in [1.29, 1.82) is 5.26 Å². The molecule has 1 heterocycles. The number of hydrogen-bond acceptors (Lipinski definition) is 3. The van der Waals surface area contributed by atoms with Gasteiger partial charge in [-0.25, -0.2) is 0 Å². The normalized spacial score (nSPS) is 12.9. The van der Waals surface area contributed by atoms with E-state index in [4.69, 9.17) is 4.42 Å². The molecule has 0 unspecified atom stereocenters. The monoisotopic (exact) mass is 363 g/mol. The zero-order valence-electron chi connectivity index (χ0n) is 15.5. The van der Waals surface area contributed by atoms with E-state index in [1.807, 2.05) is 42.5 Å². The van der Waals surface area contributed by atoms with E-state index < -0.39 is 0 Å². The van der Waals surface area contributed by atoms with Crippen molar-refractivity contribution in [2.24, 2.45) is 0 Å². The predicted octanol–water partition coefficient (Wildman–Crippen LogP) is 6.08. The first-order valence-corrected chi connectivity index (χ1v) is 9.35. The lowest BCUT2D eigenvalue weighted by atomic mass is 9.95. The van der Waals surface area contributed by atoms with E-state index in [-0.39, 0.29) is 5.78 Å². The topological polar surface area (TPSA) is 54.0 Å². The van der Waals surface area contributed by atoms with Crippen molar-refractivity contribution in [3.05, 3.63) is 82.9 Å². The summed E-state index contributed by atoms with van der Waals surface area (Å²) in [5, 5.41) is 10.5. The third-order valence-corrected chi connectivity index (χ3v) is 5.61. The van der Waals surface area contributed by atoms with E-state index in [0.29, 0.717) is 29.6 Å². The van der Waals surface area contributed by atoms with Crippen molar-refractivity contribution < 1.29 is 9.21 Å². The Morgan fingerprint density at radius 2 is 1.71 bits per heavy atom. The Labute approximate surface area is 162 Å². The van der Waals surface area contributed by atoms with Crippen molar-refractivity contribution in [2.75, 3.05) is 0 Å². The number of nitriles is 1. The number of carbonyl (C=O) groups is 1. The molecule has 0 N–H and O–H groups in total. The fourth-order valence-electron chi connectivity index (χ4n) is 4.19. The molecule has 3 nitrogen and oxygen atoms in total. The number of carbonyl (C=O) groups excluding carboxylic acids is 1. The molecule has 1 aromatic heterocycles. The largest absolute Gasteiger partial charge is 0.455 e. The molecule has 0 amide bonds. The summed E-state index contributed by atoms with van der Waals surface area (Å²) in [6.07, 6.45) is 1.09. The van der Waals surface area contributed by atoms with Gasteiger partial charge in [0.05, 0.1) is 5.56 Å². The maximum atomic E-state index is 12.2. The number of furan rings is 1. The molecule has 0 saturated carbocycles. The van der Waals surface area contributed by atoms with Crippen LogP contribution in [0.25, 0.3) is 33.4 Å². The lowest BCUT2D eigenvalue weighted by Gasteiger charge is -2.10. The summed E-state index contributed by atoms with van der Waals surface area (Å²) < 4.78 is 6.17. The number of hydrogen-bond donors (Lipinski definition) is 0. The minimum atomic E-state index is 0.110. The van der Waals surface area contributed by atoms with Crippen LogP contribution in [-0.2, 0) is 6.42 Å². The fraction of sp³-hybridized carbons (Fsp3) is 0.120. The van der Waals surface area contributed by atoms with Crippen LogP contribution in [-0.4, -0.2) is 5.78 Å². The van der Waals surface area contributed by atoms with Gasteiger partial charge < -0.3 is 4.42 Å². The zero-order valence-corrected chi connectivity index (χ0v) is 15.5. The van der Waals surface area contributed by atoms with Crippen LogP contribution < -0.4 is 0 Å². The fourth-order valence-corrected chi connectivity index (χ4v) is 4.19. The molecule has 0 spiro atoms. The van der Waals surface area contributed by atoms with Crippen LogP contribution in [0.2, 0.25) is 0 Å². The van der Waals surface area contributed by atoms with E-state index >= 15 is 0 Å². The third kappa shape index (κ3) is 2.39. The smallest absolute Gasteiger partial charge is 0.163 e. The lowest BCUT2D eigenvalue weighted by molar-refractivity contribution is 0.0994. The molecular weight excluding hydrogens is 346 g/mol. The number of Topliss-reactive ketones (excluding diaryl/α,β-unsaturated/α-hetero) is 1. The second-order valence-electron chi connectivity index (χ2n) is 7.19. The Hall–Kier alpha value is -3.64. The highest BCUT2D eigenvalue weighted by Crippen LogP contribution is 2.38. The van der Waals surface area contributed by atoms with Gasteiger partial charge in [0.2, 0.25) is 0 Å². The summed E-state index contributed by atoms with van der Waals surface area (Å²) in [5.41, 5.74) is 7.00. The quantitative estimate of drug-likeness (QED) is 0.434. The Morgan fingerprint density at radius 1 is 0.929 bits per heavy atom. The van der Waals surface area contributed by atoms with Gasteiger partial charge in [0, 0.05) is 22.9 Å². The van der Waals surface area contributed by atoms with Gasteiger partial charge in [-0.1, -0.05) is 48.5 Å². The van der Waals surface area contributed by atoms with Gasteiger partial charge in [-0.15, -0.1) is 0 Å². The van der Waals surface area contributed by atoms with Gasteiger partial charge >= 0.3 is 0 Å². The van der Waals surface area contributed by atoms with Gasteiger partial charge in [-0.3, -0.25) is 4.79 Å². The van der Waals surface area contributed by atoms with E-state index in [1.165, 1.54) is 0 Å². The van der Waals surface area contributed by atoms with Gasteiger partial charge in [0.25, 0.3) is 0 Å². The summed E-state index contributed by atoms with van der Waals surface area (Å²) in [4.78, 5) is 12.2. The first-order chi connectivity index (χ1) is 13.7. The molecule has 1 aliphatic rings. The van der Waals surface area contributed by atoms with Crippen LogP contribution in [0.4, 0.5) is 0 Å². The Bertz CT molecular complexity index is 1290. The standard InChI is InChI=1S/C25H17NO2/c1-15-18(16-6-3-2-4-7-16)8-5-9-19(15)24-13-17-12-21-20(10-11-23(21)27)22(14-26)25(17)28-24/h2-9,12-13H,10-11H2,1H3. The van der Waals surface area contributed by atoms with Crippen molar-refractivity contribution >= 4 is 16.8 Å². The molecule has 134 valence electrons. The number of nitrogens with zero attached hydrogens (tertiary/aromatic N) is 1. The average Bonchev–Trinajstić information content (AvgIpc) is 3.31. The molecule has 5 rings (SSSR count).